The van der Waals surface area contributed by atoms with E-state index in [4.69, 9.17) is 0 Å². The summed E-state index contributed by atoms with van der Waals surface area (Å²) in [5, 5.41) is 44.1. The van der Waals surface area contributed by atoms with Crippen LogP contribution in [0.4, 0.5) is 0 Å². The van der Waals surface area contributed by atoms with Crippen LogP contribution in [0.1, 0.15) is 361 Å². The Morgan fingerprint density at radius 3 is 0.857 bits per heavy atom. The van der Waals surface area contributed by atoms with Gasteiger partial charge in [-0.2, -0.15) is 0 Å². The van der Waals surface area contributed by atoms with Gasteiger partial charge >= 0.3 is 0 Å². The van der Waals surface area contributed by atoms with Gasteiger partial charge in [-0.05, 0) is 38.5 Å². The van der Waals surface area contributed by atoms with E-state index in [9.17, 15) is 25.2 Å². The molecule has 418 valence electrons. The third kappa shape index (κ3) is 51.9. The number of rotatable bonds is 60. The van der Waals surface area contributed by atoms with Gasteiger partial charge in [0.25, 0.3) is 0 Å². The number of aliphatic hydroxyl groups excluding tert-OH is 4. The fourth-order valence-corrected chi connectivity index (χ4v) is 10.5. The van der Waals surface area contributed by atoms with Crippen LogP contribution in [-0.2, 0) is 4.79 Å². The molecule has 4 unspecified atom stereocenters. The van der Waals surface area contributed by atoms with Gasteiger partial charge in [0.2, 0.25) is 5.91 Å². The quantitative estimate of drug-likeness (QED) is 0.0308. The summed E-state index contributed by atoms with van der Waals surface area (Å²) in [5.41, 5.74) is 0. The molecule has 4 atom stereocenters. The summed E-state index contributed by atoms with van der Waals surface area (Å²) >= 11 is 0. The molecule has 0 aliphatic heterocycles. The molecule has 1 amide bonds. The Balaban J connectivity index is 3.57. The molecule has 0 fully saturated rings. The van der Waals surface area contributed by atoms with Crippen molar-refractivity contribution >= 4 is 5.91 Å². The molecule has 0 aliphatic rings. The maximum absolute atomic E-state index is 12.6. The van der Waals surface area contributed by atoms with E-state index in [1.807, 2.05) is 0 Å². The molecule has 0 saturated heterocycles. The van der Waals surface area contributed by atoms with Crippen LogP contribution in [0, 0.1) is 0 Å². The minimum atomic E-state index is -1.28. The number of hydrogen-bond acceptors (Lipinski definition) is 5. The molecule has 0 rings (SSSR count). The second kappa shape index (κ2) is 58.9. The van der Waals surface area contributed by atoms with Crippen molar-refractivity contribution in [2.24, 2.45) is 0 Å². The zero-order chi connectivity index (χ0) is 50.9. The van der Waals surface area contributed by atoms with E-state index in [-0.39, 0.29) is 0 Å². The molecule has 0 heterocycles. The van der Waals surface area contributed by atoms with E-state index in [1.54, 1.807) is 0 Å². The molecule has 0 saturated carbocycles. The van der Waals surface area contributed by atoms with Crippen molar-refractivity contribution in [3.63, 3.8) is 0 Å². The maximum atomic E-state index is 12.6. The lowest BCUT2D eigenvalue weighted by atomic mass is 10.00. The summed E-state index contributed by atoms with van der Waals surface area (Å²) in [7, 11) is 0. The fraction of sp³-hybridized carbons (Fsp3) is 0.953. The average Bonchev–Trinajstić information content (AvgIpc) is 3.36. The first-order chi connectivity index (χ1) is 34.5. The van der Waals surface area contributed by atoms with Crippen LogP contribution in [-0.4, -0.2) is 57.3 Å². The molecular weight excluding hydrogens is 863 g/mol. The molecule has 0 aromatic carbocycles. The summed E-state index contributed by atoms with van der Waals surface area (Å²) in [6.45, 7) is 4.10. The number of carbonyl (C=O) groups excluding carboxylic acids is 1. The number of hydrogen-bond donors (Lipinski definition) is 5. The van der Waals surface area contributed by atoms with Crippen LogP contribution in [0.25, 0.3) is 0 Å². The Hall–Kier alpha value is -0.950. The Morgan fingerprint density at radius 1 is 0.343 bits per heavy atom. The Bertz CT molecular complexity index is 1020. The van der Waals surface area contributed by atoms with E-state index >= 15 is 0 Å². The molecule has 6 nitrogen and oxygen atoms in total. The van der Waals surface area contributed by atoms with Crippen molar-refractivity contribution in [1.82, 2.24) is 5.32 Å². The lowest BCUT2D eigenvalue weighted by molar-refractivity contribution is -0.132. The predicted molar refractivity (Wildman–Crippen MR) is 307 cm³/mol. The highest BCUT2D eigenvalue weighted by Gasteiger charge is 2.28. The molecule has 5 N–H and O–H groups in total. The molecule has 0 radical (unpaired) electrons. The van der Waals surface area contributed by atoms with Gasteiger partial charge in [0.05, 0.1) is 18.8 Å². The molecule has 0 aromatic heterocycles. The normalized spacial score (nSPS) is 13.6. The van der Waals surface area contributed by atoms with E-state index < -0.39 is 36.9 Å². The smallest absolute Gasteiger partial charge is 0.249 e. The van der Waals surface area contributed by atoms with Crippen molar-refractivity contribution in [3.8, 4) is 0 Å². The van der Waals surface area contributed by atoms with Crippen LogP contribution < -0.4 is 5.32 Å². The van der Waals surface area contributed by atoms with Gasteiger partial charge in [0.15, 0.2) is 0 Å². The van der Waals surface area contributed by atoms with Crippen LogP contribution in [0.3, 0.4) is 0 Å². The fourth-order valence-electron chi connectivity index (χ4n) is 10.5. The van der Waals surface area contributed by atoms with Gasteiger partial charge in [-0.25, -0.2) is 0 Å². The molecular formula is C64H127NO5. The average molecular weight is 991 g/mol. The summed E-state index contributed by atoms with van der Waals surface area (Å²) in [5.74, 6) is -0.585. The number of unbranched alkanes of at least 4 members (excludes halogenated alkanes) is 49. The highest BCUT2D eigenvalue weighted by Crippen LogP contribution is 2.19. The lowest BCUT2D eigenvalue weighted by Gasteiger charge is -2.27. The highest BCUT2D eigenvalue weighted by molar-refractivity contribution is 5.80. The Labute approximate surface area is 438 Å². The second-order valence-electron chi connectivity index (χ2n) is 22.5. The third-order valence-corrected chi connectivity index (χ3v) is 15.5. The standard InChI is InChI=1S/C64H127NO5/c1-3-5-7-9-11-13-15-17-19-21-23-25-27-29-31-32-34-36-38-40-42-44-46-48-50-52-54-56-58-62(68)64(70)65-60(59-66)63(69)61(67)57-55-53-51-49-47-45-43-41-39-37-35-33-30-28-26-24-22-20-18-16-14-12-10-8-6-4-2/h49,51,60-63,66-69H,3-48,50,52-59H2,1-2H3,(H,65,70)/b51-49+. The Kier molecular flexibility index (Phi) is 58.1. The second-order valence-corrected chi connectivity index (χ2v) is 22.5. The van der Waals surface area contributed by atoms with Gasteiger partial charge in [0, 0.05) is 0 Å². The number of amides is 1. The molecule has 0 bridgehead atoms. The van der Waals surface area contributed by atoms with E-state index in [2.05, 4.69) is 31.3 Å². The van der Waals surface area contributed by atoms with Gasteiger partial charge in [-0.15, -0.1) is 0 Å². The summed E-state index contributed by atoms with van der Waals surface area (Å²) in [6.07, 6.45) is 71.7. The highest BCUT2D eigenvalue weighted by atomic mass is 16.3. The summed E-state index contributed by atoms with van der Waals surface area (Å²) < 4.78 is 0. The number of aliphatic hydroxyl groups is 4. The first-order valence-electron chi connectivity index (χ1n) is 32.1. The molecule has 0 aliphatic carbocycles. The van der Waals surface area contributed by atoms with Gasteiger partial charge < -0.3 is 25.7 Å². The number of carbonyl (C=O) groups is 1. The first-order valence-corrected chi connectivity index (χ1v) is 32.1. The topological polar surface area (TPSA) is 110 Å². The van der Waals surface area contributed by atoms with Gasteiger partial charge in [-0.3, -0.25) is 4.79 Å². The minimum Gasteiger partial charge on any atom is -0.394 e. The van der Waals surface area contributed by atoms with Crippen LogP contribution in [0.15, 0.2) is 12.2 Å². The van der Waals surface area contributed by atoms with Crippen molar-refractivity contribution in [1.29, 1.82) is 0 Å². The van der Waals surface area contributed by atoms with E-state index in [0.29, 0.717) is 12.8 Å². The first kappa shape index (κ1) is 69.0. The largest absolute Gasteiger partial charge is 0.394 e. The third-order valence-electron chi connectivity index (χ3n) is 15.5. The number of allylic oxidation sites excluding steroid dienone is 2. The van der Waals surface area contributed by atoms with Crippen LogP contribution >= 0.6 is 0 Å². The number of nitrogens with one attached hydrogen (secondary N) is 1. The van der Waals surface area contributed by atoms with Crippen molar-refractivity contribution in [2.75, 3.05) is 6.61 Å². The van der Waals surface area contributed by atoms with E-state index in [0.717, 1.165) is 38.5 Å². The van der Waals surface area contributed by atoms with Crippen molar-refractivity contribution < 1.29 is 25.2 Å². The lowest BCUT2D eigenvalue weighted by Crippen LogP contribution is -2.53. The molecule has 6 heteroatoms. The summed E-state index contributed by atoms with van der Waals surface area (Å²) in [4.78, 5) is 12.6. The minimum absolute atomic E-state index is 0.369. The molecule has 0 aromatic rings. The SMILES string of the molecule is CCCCCCCCCCCCCCCCCCCCCCC/C=C/CCCC(O)C(O)C(CO)NC(=O)C(O)CCCCCCCCCCCCCCCCCCCCCCCCCCCCCC. The zero-order valence-corrected chi connectivity index (χ0v) is 47.6. The summed E-state index contributed by atoms with van der Waals surface area (Å²) in [6, 6.07) is -1.000. The van der Waals surface area contributed by atoms with Crippen molar-refractivity contribution in [3.05, 3.63) is 12.2 Å². The molecule has 0 spiro atoms. The zero-order valence-electron chi connectivity index (χ0n) is 47.6. The monoisotopic (exact) mass is 990 g/mol. The van der Waals surface area contributed by atoms with Crippen LogP contribution in [0.2, 0.25) is 0 Å². The Morgan fingerprint density at radius 2 is 0.586 bits per heavy atom. The van der Waals surface area contributed by atoms with E-state index in [1.165, 1.54) is 295 Å². The van der Waals surface area contributed by atoms with Crippen molar-refractivity contribution in [2.45, 2.75) is 385 Å². The van der Waals surface area contributed by atoms with Gasteiger partial charge in [-0.1, -0.05) is 334 Å². The van der Waals surface area contributed by atoms with Crippen LogP contribution in [0.5, 0.6) is 0 Å². The van der Waals surface area contributed by atoms with Gasteiger partial charge in [0.1, 0.15) is 12.2 Å². The maximum Gasteiger partial charge on any atom is 0.249 e. The predicted octanol–water partition coefficient (Wildman–Crippen LogP) is 19.2. The molecule has 70 heavy (non-hydrogen) atoms.